The zero-order valence-corrected chi connectivity index (χ0v) is 6.55. The predicted molar refractivity (Wildman–Crippen MR) is 38.0 cm³/mol. The highest BCUT2D eigenvalue weighted by Gasteiger charge is 2.20. The van der Waals surface area contributed by atoms with Crippen molar-refractivity contribution in [2.75, 3.05) is 6.61 Å². The van der Waals surface area contributed by atoms with Crippen molar-refractivity contribution in [1.82, 2.24) is 0 Å². The third kappa shape index (κ3) is 1.42. The number of halogens is 1. The van der Waals surface area contributed by atoms with Gasteiger partial charge in [0.2, 0.25) is 3.79 Å². The number of hydrogen-bond acceptors (Lipinski definition) is 2. The van der Waals surface area contributed by atoms with Gasteiger partial charge in [0.15, 0.2) is 0 Å². The Morgan fingerprint density at radius 3 is 2.75 bits per heavy atom. The number of hydrogen-bond donors (Lipinski definition) is 0. The van der Waals surface area contributed by atoms with Crippen LogP contribution in [0.3, 0.4) is 0 Å². The number of carbonyl (C=O) groups is 1. The minimum atomic E-state index is -0.0874. The maximum atomic E-state index is 10.5. The first kappa shape index (κ1) is 6.48. The van der Waals surface area contributed by atoms with E-state index in [-0.39, 0.29) is 9.89 Å². The van der Waals surface area contributed by atoms with Crippen molar-refractivity contribution in [2.45, 2.75) is 18.9 Å². The Kier molecular flexibility index (Phi) is 2.25. The lowest BCUT2D eigenvalue weighted by atomic mass is 10.3. The summed E-state index contributed by atoms with van der Waals surface area (Å²) in [6.45, 7) is 0.763. The van der Waals surface area contributed by atoms with E-state index in [9.17, 15) is 4.79 Å². The molecule has 0 aromatic heterocycles. The molecule has 0 bridgehead atoms. The van der Waals surface area contributed by atoms with E-state index >= 15 is 0 Å². The van der Waals surface area contributed by atoms with Crippen molar-refractivity contribution >= 4 is 26.4 Å². The van der Waals surface area contributed by atoms with Gasteiger partial charge in [-0.3, -0.25) is 4.79 Å². The van der Waals surface area contributed by atoms with Crippen LogP contribution in [0.2, 0.25) is 0 Å². The Balaban J connectivity index is 2.35. The summed E-state index contributed by atoms with van der Waals surface area (Å²) >= 11 is 1.78. The highest BCUT2D eigenvalue weighted by atomic mass is 127. The molecule has 1 fully saturated rings. The van der Waals surface area contributed by atoms with Crippen LogP contribution in [-0.2, 0) is 9.53 Å². The SMILES string of the molecule is O=C(I)C1CCCO1. The van der Waals surface area contributed by atoms with E-state index in [0.29, 0.717) is 0 Å². The number of rotatable bonds is 1. The van der Waals surface area contributed by atoms with Crippen LogP contribution in [0.4, 0.5) is 0 Å². The molecule has 0 aliphatic carbocycles. The van der Waals surface area contributed by atoms with Gasteiger partial charge in [0.1, 0.15) is 6.10 Å². The molecule has 0 radical (unpaired) electrons. The zero-order chi connectivity index (χ0) is 5.98. The van der Waals surface area contributed by atoms with Crippen LogP contribution in [0.25, 0.3) is 0 Å². The molecule has 0 amide bonds. The summed E-state index contributed by atoms with van der Waals surface area (Å²) in [6.07, 6.45) is 1.87. The molecule has 0 aromatic carbocycles. The first-order valence-corrected chi connectivity index (χ1v) is 3.69. The fraction of sp³-hybridized carbons (Fsp3) is 0.800. The van der Waals surface area contributed by atoms with Crippen molar-refractivity contribution in [3.63, 3.8) is 0 Å². The van der Waals surface area contributed by atoms with Crippen LogP contribution in [0, 0.1) is 0 Å². The van der Waals surface area contributed by atoms with Crippen molar-refractivity contribution in [2.24, 2.45) is 0 Å². The number of ether oxygens (including phenoxy) is 1. The quantitative estimate of drug-likeness (QED) is 0.494. The molecule has 1 unspecified atom stereocenters. The third-order valence-corrected chi connectivity index (χ3v) is 1.88. The van der Waals surface area contributed by atoms with E-state index in [1.54, 1.807) is 22.6 Å². The maximum Gasteiger partial charge on any atom is 0.220 e. The molecule has 0 saturated carbocycles. The zero-order valence-electron chi connectivity index (χ0n) is 4.39. The van der Waals surface area contributed by atoms with Crippen LogP contribution in [0.15, 0.2) is 0 Å². The summed E-state index contributed by atoms with van der Waals surface area (Å²) in [5.74, 6) is 0. The summed E-state index contributed by atoms with van der Waals surface area (Å²) in [4.78, 5) is 10.5. The fourth-order valence-corrected chi connectivity index (χ4v) is 1.25. The first-order chi connectivity index (χ1) is 3.80. The molecule has 1 saturated heterocycles. The lowest BCUT2D eigenvalue weighted by molar-refractivity contribution is -0.117. The normalized spacial score (nSPS) is 28.4. The largest absolute Gasteiger partial charge is 0.370 e. The minimum absolute atomic E-state index is 0.0874. The molecular formula is C5H7IO2. The Morgan fingerprint density at radius 2 is 2.50 bits per heavy atom. The average Bonchev–Trinajstić information content (AvgIpc) is 2.12. The fourth-order valence-electron chi connectivity index (χ4n) is 0.757. The molecule has 3 heteroatoms. The van der Waals surface area contributed by atoms with E-state index in [0.717, 1.165) is 19.4 Å². The van der Waals surface area contributed by atoms with Crippen LogP contribution in [0.5, 0.6) is 0 Å². The Bertz CT molecular complexity index is 96.6. The molecule has 0 N–H and O–H groups in total. The van der Waals surface area contributed by atoms with Gasteiger partial charge in [-0.1, -0.05) is 0 Å². The minimum Gasteiger partial charge on any atom is -0.370 e. The van der Waals surface area contributed by atoms with Crippen molar-refractivity contribution in [3.8, 4) is 0 Å². The predicted octanol–water partition coefficient (Wildman–Crippen LogP) is 1.13. The van der Waals surface area contributed by atoms with Gasteiger partial charge in [0.25, 0.3) is 0 Å². The summed E-state index contributed by atoms with van der Waals surface area (Å²) in [5, 5.41) is 0. The molecule has 2 nitrogen and oxygen atoms in total. The smallest absolute Gasteiger partial charge is 0.220 e. The lowest BCUT2D eigenvalue weighted by Crippen LogP contribution is -2.11. The summed E-state index contributed by atoms with van der Waals surface area (Å²) in [5.41, 5.74) is 0. The Labute approximate surface area is 61.7 Å². The standard InChI is InChI=1S/C5H7IO2/c6-5(7)4-2-1-3-8-4/h4H,1-3H2. The van der Waals surface area contributed by atoms with Gasteiger partial charge in [0, 0.05) is 29.2 Å². The summed E-state index contributed by atoms with van der Waals surface area (Å²) in [6, 6.07) is 0. The second-order valence-corrected chi connectivity index (χ2v) is 2.87. The van der Waals surface area contributed by atoms with Gasteiger partial charge in [-0.25, -0.2) is 0 Å². The monoisotopic (exact) mass is 226 g/mol. The molecule has 1 heterocycles. The van der Waals surface area contributed by atoms with E-state index in [1.807, 2.05) is 0 Å². The summed E-state index contributed by atoms with van der Waals surface area (Å²) in [7, 11) is 0. The van der Waals surface area contributed by atoms with Crippen LogP contribution in [-0.4, -0.2) is 16.5 Å². The van der Waals surface area contributed by atoms with Gasteiger partial charge in [-0.05, 0) is 12.8 Å². The molecule has 1 aliphatic rings. The molecule has 46 valence electrons. The maximum absolute atomic E-state index is 10.5. The van der Waals surface area contributed by atoms with Gasteiger partial charge < -0.3 is 4.74 Å². The van der Waals surface area contributed by atoms with Gasteiger partial charge in [0.05, 0.1) is 0 Å². The van der Waals surface area contributed by atoms with Gasteiger partial charge >= 0.3 is 0 Å². The molecule has 0 aromatic rings. The second kappa shape index (κ2) is 2.77. The summed E-state index contributed by atoms with van der Waals surface area (Å²) < 4.78 is 5.20. The molecule has 8 heavy (non-hydrogen) atoms. The van der Waals surface area contributed by atoms with Crippen molar-refractivity contribution in [3.05, 3.63) is 0 Å². The third-order valence-electron chi connectivity index (χ3n) is 1.18. The van der Waals surface area contributed by atoms with Crippen molar-refractivity contribution in [1.29, 1.82) is 0 Å². The molecule has 1 aliphatic heterocycles. The van der Waals surface area contributed by atoms with E-state index in [2.05, 4.69) is 0 Å². The van der Waals surface area contributed by atoms with E-state index in [1.165, 1.54) is 0 Å². The second-order valence-electron chi connectivity index (χ2n) is 1.81. The van der Waals surface area contributed by atoms with E-state index < -0.39 is 0 Å². The van der Waals surface area contributed by atoms with Crippen LogP contribution in [0.1, 0.15) is 12.8 Å². The van der Waals surface area contributed by atoms with Crippen LogP contribution < -0.4 is 0 Å². The van der Waals surface area contributed by atoms with Gasteiger partial charge in [-0.15, -0.1) is 0 Å². The Hall–Kier alpha value is 0.360. The molecule has 0 spiro atoms. The van der Waals surface area contributed by atoms with Crippen molar-refractivity contribution < 1.29 is 9.53 Å². The highest BCUT2D eigenvalue weighted by molar-refractivity contribution is 14.1. The topological polar surface area (TPSA) is 26.3 Å². The first-order valence-electron chi connectivity index (χ1n) is 2.61. The highest BCUT2D eigenvalue weighted by Crippen LogP contribution is 2.14. The number of carbonyl (C=O) groups excluding carboxylic acids is 1. The average molecular weight is 226 g/mol. The molecular weight excluding hydrogens is 219 g/mol. The Morgan fingerprint density at radius 1 is 1.75 bits per heavy atom. The van der Waals surface area contributed by atoms with Gasteiger partial charge in [-0.2, -0.15) is 0 Å². The van der Waals surface area contributed by atoms with Crippen LogP contribution >= 0.6 is 22.6 Å². The van der Waals surface area contributed by atoms with E-state index in [4.69, 9.17) is 4.74 Å². The molecule has 1 atom stereocenters. The molecule has 1 rings (SSSR count). The lowest BCUT2D eigenvalue weighted by Gasteiger charge is -1.99.